The van der Waals surface area contributed by atoms with Crippen LogP contribution in [0.5, 0.6) is 0 Å². The van der Waals surface area contributed by atoms with Gasteiger partial charge < -0.3 is 5.32 Å². The van der Waals surface area contributed by atoms with Crippen molar-refractivity contribution in [2.24, 2.45) is 0 Å². The van der Waals surface area contributed by atoms with E-state index in [-0.39, 0.29) is 5.91 Å². The van der Waals surface area contributed by atoms with Crippen molar-refractivity contribution in [3.63, 3.8) is 0 Å². The largest absolute Gasteiger partial charge is 0.352 e. The highest BCUT2D eigenvalue weighted by molar-refractivity contribution is 6.34. The van der Waals surface area contributed by atoms with Gasteiger partial charge in [-0.15, -0.1) is 5.10 Å². The second-order valence-corrected chi connectivity index (χ2v) is 7.78. The molecule has 3 heterocycles. The van der Waals surface area contributed by atoms with Gasteiger partial charge in [0.2, 0.25) is 0 Å². The van der Waals surface area contributed by atoms with Crippen molar-refractivity contribution >= 4 is 39.6 Å². The molecule has 0 saturated heterocycles. The first-order valence-corrected chi connectivity index (χ1v) is 10.6. The summed E-state index contributed by atoms with van der Waals surface area (Å²) >= 11 is 6.37. The molecule has 0 spiro atoms. The zero-order chi connectivity index (χ0) is 22.1. The molecule has 0 bridgehead atoms. The summed E-state index contributed by atoms with van der Waals surface area (Å²) in [4.78, 5) is 21.3. The smallest absolute Gasteiger partial charge is 0.252 e. The minimum absolute atomic E-state index is 0.194. The van der Waals surface area contributed by atoms with E-state index >= 15 is 0 Å². The Morgan fingerprint density at radius 1 is 1.06 bits per heavy atom. The molecule has 0 aliphatic heterocycles. The number of benzene rings is 2. The van der Waals surface area contributed by atoms with E-state index in [9.17, 15) is 4.79 Å². The Bertz CT molecular complexity index is 1460. The maximum Gasteiger partial charge on any atom is 0.252 e. The predicted molar refractivity (Wildman–Crippen MR) is 125 cm³/mol. The predicted octanol–water partition coefficient (Wildman–Crippen LogP) is 4.49. The van der Waals surface area contributed by atoms with Crippen LogP contribution in [0.4, 0.5) is 0 Å². The fourth-order valence-corrected chi connectivity index (χ4v) is 3.90. The van der Waals surface area contributed by atoms with E-state index < -0.39 is 0 Å². The number of hydrogen-bond donors (Lipinski definition) is 1. The van der Waals surface area contributed by atoms with Crippen LogP contribution in [0, 0.1) is 0 Å². The van der Waals surface area contributed by atoms with Gasteiger partial charge in [0.05, 0.1) is 28.3 Å². The number of halogens is 1. The number of fused-ring (bicyclic) bond motifs is 2. The lowest BCUT2D eigenvalue weighted by Gasteiger charge is -2.08. The summed E-state index contributed by atoms with van der Waals surface area (Å²) in [6, 6.07) is 19.2. The summed E-state index contributed by atoms with van der Waals surface area (Å²) in [7, 11) is 0. The molecular formula is C24H19ClN6O. The first kappa shape index (κ1) is 20.1. The minimum Gasteiger partial charge on any atom is -0.352 e. The summed E-state index contributed by atoms with van der Waals surface area (Å²) in [5.74, 6) is -0.194. The molecule has 32 heavy (non-hydrogen) atoms. The van der Waals surface area contributed by atoms with Crippen LogP contribution < -0.4 is 5.32 Å². The normalized spacial score (nSPS) is 11.2. The number of nitrogens with zero attached hydrogens (tertiary/aromatic N) is 5. The number of hydrogen-bond acceptors (Lipinski definition) is 5. The number of carbonyl (C=O) groups excluding carboxylic acids is 1. The highest BCUT2D eigenvalue weighted by Gasteiger charge is 2.13. The third-order valence-electron chi connectivity index (χ3n) is 5.21. The van der Waals surface area contributed by atoms with Crippen LogP contribution in [0.2, 0.25) is 5.02 Å². The Morgan fingerprint density at radius 3 is 2.78 bits per heavy atom. The van der Waals surface area contributed by atoms with Crippen LogP contribution in [0.3, 0.4) is 0 Å². The fraction of sp³-hybridized carbons (Fsp3) is 0.125. The topological polar surface area (TPSA) is 85.6 Å². The molecule has 5 rings (SSSR count). The van der Waals surface area contributed by atoms with E-state index in [4.69, 9.17) is 16.6 Å². The molecule has 0 unspecified atom stereocenters. The van der Waals surface area contributed by atoms with Gasteiger partial charge in [-0.2, -0.15) is 0 Å². The molecule has 0 radical (unpaired) electrons. The van der Waals surface area contributed by atoms with E-state index in [1.54, 1.807) is 23.0 Å². The van der Waals surface area contributed by atoms with Crippen molar-refractivity contribution in [2.45, 2.75) is 13.5 Å². The van der Waals surface area contributed by atoms with Crippen LogP contribution >= 0.6 is 11.6 Å². The molecule has 1 amide bonds. The van der Waals surface area contributed by atoms with Crippen molar-refractivity contribution in [1.29, 1.82) is 0 Å². The molecular weight excluding hydrogens is 424 g/mol. The lowest BCUT2D eigenvalue weighted by Crippen LogP contribution is -2.22. The van der Waals surface area contributed by atoms with Crippen molar-refractivity contribution in [2.75, 3.05) is 6.54 Å². The molecule has 3 aromatic heterocycles. The quantitative estimate of drug-likeness (QED) is 0.433. The van der Waals surface area contributed by atoms with Gasteiger partial charge in [-0.25, -0.2) is 9.67 Å². The summed E-state index contributed by atoms with van der Waals surface area (Å²) in [6.45, 7) is 2.94. The van der Waals surface area contributed by atoms with Crippen LogP contribution in [-0.4, -0.2) is 37.4 Å². The van der Waals surface area contributed by atoms with Crippen LogP contribution in [0.25, 0.3) is 33.3 Å². The first-order chi connectivity index (χ1) is 15.6. The van der Waals surface area contributed by atoms with Gasteiger partial charge >= 0.3 is 0 Å². The summed E-state index contributed by atoms with van der Waals surface area (Å²) in [5.41, 5.74) is 5.41. The van der Waals surface area contributed by atoms with Gasteiger partial charge in [0.15, 0.2) is 5.65 Å². The number of carbonyl (C=O) groups is 1. The van der Waals surface area contributed by atoms with E-state index in [0.717, 1.165) is 27.7 Å². The van der Waals surface area contributed by atoms with Crippen molar-refractivity contribution in [3.05, 3.63) is 83.0 Å². The highest BCUT2D eigenvalue weighted by Crippen LogP contribution is 2.26. The number of pyridine rings is 2. The van der Waals surface area contributed by atoms with Gasteiger partial charge in [0, 0.05) is 23.7 Å². The van der Waals surface area contributed by atoms with Crippen LogP contribution in [0.15, 0.2) is 66.9 Å². The van der Waals surface area contributed by atoms with Gasteiger partial charge in [-0.3, -0.25) is 9.78 Å². The van der Waals surface area contributed by atoms with Gasteiger partial charge in [0.1, 0.15) is 5.52 Å². The fourth-order valence-electron chi connectivity index (χ4n) is 3.63. The molecule has 1 N–H and O–H groups in total. The molecule has 0 saturated carbocycles. The monoisotopic (exact) mass is 442 g/mol. The lowest BCUT2D eigenvalue weighted by atomic mass is 10.1. The number of amides is 1. The molecule has 0 aliphatic rings. The summed E-state index contributed by atoms with van der Waals surface area (Å²) in [6.07, 6.45) is 1.79. The molecule has 8 heteroatoms. The van der Waals surface area contributed by atoms with Crippen LogP contribution in [-0.2, 0) is 6.54 Å². The second-order valence-electron chi connectivity index (χ2n) is 7.37. The summed E-state index contributed by atoms with van der Waals surface area (Å²) in [5, 5.41) is 12.8. The molecule has 7 nitrogen and oxygen atoms in total. The molecule has 158 valence electrons. The van der Waals surface area contributed by atoms with Gasteiger partial charge in [-0.05, 0) is 55.0 Å². The van der Waals surface area contributed by atoms with Crippen LogP contribution in [0.1, 0.15) is 22.8 Å². The van der Waals surface area contributed by atoms with E-state index in [1.807, 2.05) is 49.4 Å². The van der Waals surface area contributed by atoms with Gasteiger partial charge in [-0.1, -0.05) is 35.0 Å². The zero-order valence-electron chi connectivity index (χ0n) is 17.3. The Morgan fingerprint density at radius 2 is 1.94 bits per heavy atom. The Labute approximate surface area is 189 Å². The van der Waals surface area contributed by atoms with Crippen molar-refractivity contribution in [1.82, 2.24) is 30.3 Å². The van der Waals surface area contributed by atoms with Crippen molar-refractivity contribution < 1.29 is 4.79 Å². The zero-order valence-corrected chi connectivity index (χ0v) is 18.0. The van der Waals surface area contributed by atoms with Gasteiger partial charge in [0.25, 0.3) is 5.91 Å². The lowest BCUT2D eigenvalue weighted by molar-refractivity contribution is 0.0956. The second kappa shape index (κ2) is 8.36. The maximum absolute atomic E-state index is 12.1. The third-order valence-corrected chi connectivity index (χ3v) is 5.52. The average Bonchev–Trinajstić information content (AvgIpc) is 3.21. The van der Waals surface area contributed by atoms with E-state index in [0.29, 0.717) is 34.8 Å². The Balaban J connectivity index is 1.48. The first-order valence-electron chi connectivity index (χ1n) is 10.2. The SMILES string of the molecule is CCNC(=O)c1ccc(-c2ccc3nnn(Cc4ccc5ncccc5c4)c3n2)cc1Cl. The molecule has 5 aromatic rings. The number of nitrogens with one attached hydrogen (secondary N) is 1. The Kier molecular flexibility index (Phi) is 5.25. The minimum atomic E-state index is -0.194. The number of rotatable bonds is 5. The summed E-state index contributed by atoms with van der Waals surface area (Å²) < 4.78 is 1.78. The molecule has 0 atom stereocenters. The standard InChI is InChI=1S/C24H19ClN6O/c1-2-26-24(32)18-7-6-17(13-19(18)25)21-9-10-22-23(28-21)31(30-29-22)14-15-5-8-20-16(12-15)4-3-11-27-20/h3-13H,2,14H2,1H3,(H,26,32). The third kappa shape index (κ3) is 3.78. The highest BCUT2D eigenvalue weighted by atomic mass is 35.5. The molecule has 0 fully saturated rings. The van der Waals surface area contributed by atoms with E-state index in [2.05, 4.69) is 26.7 Å². The molecule has 0 aliphatic carbocycles. The number of aromatic nitrogens is 5. The molecule has 2 aromatic carbocycles. The Hall–Kier alpha value is -3.84. The maximum atomic E-state index is 12.1. The van der Waals surface area contributed by atoms with E-state index in [1.165, 1.54) is 0 Å². The average molecular weight is 443 g/mol. The van der Waals surface area contributed by atoms with Crippen molar-refractivity contribution in [3.8, 4) is 11.3 Å².